The molecule has 2 heterocycles. The first-order valence-corrected chi connectivity index (χ1v) is 12.8. The molecule has 0 unspecified atom stereocenters. The van der Waals surface area contributed by atoms with E-state index in [1.54, 1.807) is 11.8 Å². The lowest BCUT2D eigenvalue weighted by Crippen LogP contribution is -2.34. The fourth-order valence-corrected chi connectivity index (χ4v) is 4.63. The lowest BCUT2D eigenvalue weighted by atomic mass is 9.99. The molecule has 1 saturated heterocycles. The Morgan fingerprint density at radius 1 is 1.09 bits per heavy atom. The second-order valence-electron chi connectivity index (χ2n) is 10.3. The van der Waals surface area contributed by atoms with Crippen LogP contribution in [0.5, 0.6) is 5.75 Å². The van der Waals surface area contributed by atoms with Gasteiger partial charge in [0.15, 0.2) is 17.4 Å². The highest BCUT2D eigenvalue weighted by Gasteiger charge is 2.18. The minimum Gasteiger partial charge on any atom is -0.497 e. The number of carbonyl (C=O) groups is 1. The molecule has 0 bridgehead atoms. The van der Waals surface area contributed by atoms with Gasteiger partial charge in [0.2, 0.25) is 0 Å². The number of methoxy groups -OCH3 is 1. The molecule has 186 valence electrons. The molecule has 0 N–H and O–H groups in total. The first-order chi connectivity index (χ1) is 16.9. The fraction of sp³-hybridized carbons (Fsp3) is 0.483. The van der Waals surface area contributed by atoms with Crippen molar-refractivity contribution in [3.8, 4) is 28.5 Å². The Bertz CT molecular complexity index is 1110. The van der Waals surface area contributed by atoms with E-state index >= 15 is 0 Å². The maximum absolute atomic E-state index is 12.6. The molecule has 0 aliphatic carbocycles. The zero-order valence-corrected chi connectivity index (χ0v) is 21.5. The van der Waals surface area contributed by atoms with Gasteiger partial charge in [0.05, 0.1) is 7.11 Å². The maximum atomic E-state index is 12.6. The number of nitrogens with zero attached hydrogens (tertiary/aromatic N) is 4. The average Bonchev–Trinajstić information content (AvgIpc) is 3.27. The summed E-state index contributed by atoms with van der Waals surface area (Å²) in [6, 6.07) is 16.3. The standard InChI is InChI=1S/C29H38N4O2/c1-21(2)18-26(34)20-33-29(25-6-5-7-27(19-25)35-4)30-28(31-33)24-10-8-23(9-11-24)14-17-32-15-12-22(3)13-16-32/h5-11,19,21-22H,12-18,20H2,1-4H3. The van der Waals surface area contributed by atoms with Crippen LogP contribution in [0.4, 0.5) is 0 Å². The van der Waals surface area contributed by atoms with Crippen LogP contribution in [0.1, 0.15) is 45.6 Å². The van der Waals surface area contributed by atoms with Gasteiger partial charge in [-0.05, 0) is 61.9 Å². The van der Waals surface area contributed by atoms with Crippen LogP contribution < -0.4 is 4.74 Å². The molecular formula is C29H38N4O2. The molecule has 1 fully saturated rings. The highest BCUT2D eigenvalue weighted by atomic mass is 16.5. The lowest BCUT2D eigenvalue weighted by Gasteiger charge is -2.30. The van der Waals surface area contributed by atoms with Gasteiger partial charge in [0.25, 0.3) is 0 Å². The van der Waals surface area contributed by atoms with E-state index < -0.39 is 0 Å². The number of ether oxygens (including phenoxy) is 1. The molecule has 2 aromatic carbocycles. The molecule has 3 aromatic rings. The Labute approximate surface area is 209 Å². The van der Waals surface area contributed by atoms with E-state index in [0.717, 1.165) is 35.8 Å². The van der Waals surface area contributed by atoms with Crippen LogP contribution >= 0.6 is 0 Å². The topological polar surface area (TPSA) is 60.2 Å². The van der Waals surface area contributed by atoms with Crippen molar-refractivity contribution in [2.75, 3.05) is 26.7 Å². The number of ketones is 1. The number of rotatable bonds is 10. The Morgan fingerprint density at radius 3 is 2.51 bits per heavy atom. The Kier molecular flexibility index (Phi) is 8.34. The van der Waals surface area contributed by atoms with Gasteiger partial charge in [0.1, 0.15) is 12.3 Å². The molecule has 0 saturated carbocycles. The van der Waals surface area contributed by atoms with E-state index in [1.807, 2.05) is 24.3 Å². The maximum Gasteiger partial charge on any atom is 0.181 e. The van der Waals surface area contributed by atoms with Crippen LogP contribution in [0.25, 0.3) is 22.8 Å². The number of piperidine rings is 1. The zero-order valence-electron chi connectivity index (χ0n) is 21.5. The number of carbonyl (C=O) groups excluding carboxylic acids is 1. The summed E-state index contributed by atoms with van der Waals surface area (Å²) < 4.78 is 7.13. The quantitative estimate of drug-likeness (QED) is 0.388. The fourth-order valence-electron chi connectivity index (χ4n) is 4.63. The first-order valence-electron chi connectivity index (χ1n) is 12.8. The van der Waals surface area contributed by atoms with Crippen molar-refractivity contribution in [3.05, 3.63) is 54.1 Å². The van der Waals surface area contributed by atoms with E-state index in [2.05, 4.69) is 49.9 Å². The van der Waals surface area contributed by atoms with Gasteiger partial charge < -0.3 is 9.64 Å². The molecular weight excluding hydrogens is 436 g/mol. The summed E-state index contributed by atoms with van der Waals surface area (Å²) in [6.45, 7) is 10.2. The molecule has 0 atom stereocenters. The molecule has 6 nitrogen and oxygen atoms in total. The van der Waals surface area contributed by atoms with E-state index in [4.69, 9.17) is 14.8 Å². The summed E-state index contributed by atoms with van der Waals surface area (Å²) in [6.07, 6.45) is 4.19. The van der Waals surface area contributed by atoms with E-state index in [9.17, 15) is 4.79 Å². The number of hydrogen-bond acceptors (Lipinski definition) is 5. The van der Waals surface area contributed by atoms with Gasteiger partial charge in [-0.1, -0.05) is 57.2 Å². The van der Waals surface area contributed by atoms with Gasteiger partial charge in [-0.2, -0.15) is 0 Å². The third-order valence-corrected chi connectivity index (χ3v) is 6.77. The van der Waals surface area contributed by atoms with Crippen molar-refractivity contribution in [1.82, 2.24) is 19.7 Å². The number of likely N-dealkylation sites (tertiary alicyclic amines) is 1. The van der Waals surface area contributed by atoms with Crippen LogP contribution in [0.15, 0.2) is 48.5 Å². The van der Waals surface area contributed by atoms with Gasteiger partial charge in [-0.3, -0.25) is 4.79 Å². The highest BCUT2D eigenvalue weighted by Crippen LogP contribution is 2.26. The monoisotopic (exact) mass is 474 g/mol. The SMILES string of the molecule is COc1cccc(-c2nc(-c3ccc(CCN4CCC(C)CC4)cc3)nn2CC(=O)CC(C)C)c1. The van der Waals surface area contributed by atoms with Gasteiger partial charge >= 0.3 is 0 Å². The molecule has 1 aromatic heterocycles. The smallest absolute Gasteiger partial charge is 0.181 e. The number of benzene rings is 2. The highest BCUT2D eigenvalue weighted by molar-refractivity contribution is 5.79. The van der Waals surface area contributed by atoms with Crippen LogP contribution in [0, 0.1) is 11.8 Å². The van der Waals surface area contributed by atoms with E-state index in [1.165, 1.54) is 31.5 Å². The Hall–Kier alpha value is -2.99. The largest absolute Gasteiger partial charge is 0.497 e. The molecule has 0 spiro atoms. The molecule has 6 heteroatoms. The van der Waals surface area contributed by atoms with Crippen molar-refractivity contribution in [2.24, 2.45) is 11.8 Å². The van der Waals surface area contributed by atoms with Crippen LogP contribution in [0.2, 0.25) is 0 Å². The van der Waals surface area contributed by atoms with Gasteiger partial charge in [-0.25, -0.2) is 9.67 Å². The zero-order chi connectivity index (χ0) is 24.8. The molecule has 4 rings (SSSR count). The molecule has 0 amide bonds. The number of aromatic nitrogens is 3. The van der Waals surface area contributed by atoms with Crippen molar-refractivity contribution < 1.29 is 9.53 Å². The summed E-state index contributed by atoms with van der Waals surface area (Å²) in [5.41, 5.74) is 3.17. The van der Waals surface area contributed by atoms with Crippen LogP contribution in [-0.2, 0) is 17.8 Å². The summed E-state index contributed by atoms with van der Waals surface area (Å²) in [5, 5.41) is 4.75. The summed E-state index contributed by atoms with van der Waals surface area (Å²) in [7, 11) is 1.65. The minimum absolute atomic E-state index is 0.156. The number of hydrogen-bond donors (Lipinski definition) is 0. The van der Waals surface area contributed by atoms with Crippen molar-refractivity contribution in [3.63, 3.8) is 0 Å². The van der Waals surface area contributed by atoms with Gasteiger partial charge in [-0.15, -0.1) is 5.10 Å². The predicted molar refractivity (Wildman–Crippen MR) is 140 cm³/mol. The third kappa shape index (κ3) is 6.79. The summed E-state index contributed by atoms with van der Waals surface area (Å²) in [5.74, 6) is 3.39. The van der Waals surface area contributed by atoms with Crippen LogP contribution in [-0.4, -0.2) is 52.2 Å². The minimum atomic E-state index is 0.156. The molecule has 35 heavy (non-hydrogen) atoms. The average molecular weight is 475 g/mol. The van der Waals surface area contributed by atoms with Gasteiger partial charge in [0, 0.05) is 24.1 Å². The number of Topliss-reactive ketones (excluding diaryl/α,β-unsaturated/α-hetero) is 1. The van der Waals surface area contributed by atoms with Crippen molar-refractivity contribution in [2.45, 2.75) is 53.0 Å². The molecule has 1 aliphatic rings. The second kappa shape index (κ2) is 11.6. The van der Waals surface area contributed by atoms with E-state index in [0.29, 0.717) is 24.0 Å². The third-order valence-electron chi connectivity index (χ3n) is 6.77. The lowest BCUT2D eigenvalue weighted by molar-refractivity contribution is -0.120. The second-order valence-corrected chi connectivity index (χ2v) is 10.3. The summed E-state index contributed by atoms with van der Waals surface area (Å²) in [4.78, 5) is 20.0. The van der Waals surface area contributed by atoms with Crippen LogP contribution in [0.3, 0.4) is 0 Å². The summed E-state index contributed by atoms with van der Waals surface area (Å²) >= 11 is 0. The Balaban J connectivity index is 1.52. The molecule has 0 radical (unpaired) electrons. The van der Waals surface area contributed by atoms with Crippen molar-refractivity contribution in [1.29, 1.82) is 0 Å². The normalized spacial score (nSPS) is 15.0. The predicted octanol–water partition coefficient (Wildman–Crippen LogP) is 5.51. The van der Waals surface area contributed by atoms with E-state index in [-0.39, 0.29) is 12.3 Å². The van der Waals surface area contributed by atoms with Crippen molar-refractivity contribution >= 4 is 5.78 Å². The Morgan fingerprint density at radius 2 is 1.83 bits per heavy atom. The first kappa shape index (κ1) is 25.1. The molecule has 1 aliphatic heterocycles.